The molecule has 0 heterocycles. The van der Waals surface area contributed by atoms with Gasteiger partial charge in [0, 0.05) is 5.56 Å². The van der Waals surface area contributed by atoms with Gasteiger partial charge in [0.1, 0.15) is 5.92 Å². The molecule has 1 N–H and O–H groups in total. The number of rotatable bonds is 4. The van der Waals surface area contributed by atoms with E-state index in [2.05, 4.69) is 0 Å². The minimum atomic E-state index is -1.10. The second kappa shape index (κ2) is 5.48. The molecule has 0 bridgehead atoms. The van der Waals surface area contributed by atoms with Gasteiger partial charge >= 0.3 is 5.97 Å². The summed E-state index contributed by atoms with van der Waals surface area (Å²) in [5.41, 5.74) is 2.49. The number of carbonyl (C=O) groups excluding carboxylic acids is 1. The molecule has 96 valence electrons. The predicted molar refractivity (Wildman–Crippen MR) is 73.0 cm³/mol. The lowest BCUT2D eigenvalue weighted by atomic mass is 9.97. The lowest BCUT2D eigenvalue weighted by molar-refractivity contribution is -0.139. The molecule has 0 spiro atoms. The van der Waals surface area contributed by atoms with E-state index in [9.17, 15) is 9.59 Å². The Labute approximate surface area is 111 Å². The summed E-state index contributed by atoms with van der Waals surface area (Å²) < 4.78 is 0. The highest BCUT2D eigenvalue weighted by molar-refractivity contribution is 6.08. The summed E-state index contributed by atoms with van der Waals surface area (Å²) in [7, 11) is 0. The van der Waals surface area contributed by atoms with Crippen LogP contribution in [0, 0.1) is 5.92 Å². The van der Waals surface area contributed by atoms with E-state index < -0.39 is 11.9 Å². The monoisotopic (exact) mass is 254 g/mol. The zero-order valence-electron chi connectivity index (χ0n) is 10.5. The van der Waals surface area contributed by atoms with Crippen molar-refractivity contribution in [1.29, 1.82) is 0 Å². The Balaban J connectivity index is 2.24. The van der Waals surface area contributed by atoms with Crippen LogP contribution in [0.4, 0.5) is 0 Å². The van der Waals surface area contributed by atoms with Crippen LogP contribution >= 0.6 is 0 Å². The third-order valence-corrected chi connectivity index (χ3v) is 3.04. The van der Waals surface area contributed by atoms with Crippen molar-refractivity contribution in [3.63, 3.8) is 0 Å². The van der Waals surface area contributed by atoms with E-state index in [4.69, 9.17) is 5.11 Å². The van der Waals surface area contributed by atoms with Crippen LogP contribution in [0.1, 0.15) is 17.3 Å². The second-order valence-electron chi connectivity index (χ2n) is 4.37. The van der Waals surface area contributed by atoms with Gasteiger partial charge in [-0.1, -0.05) is 54.6 Å². The molecule has 0 saturated heterocycles. The van der Waals surface area contributed by atoms with Crippen molar-refractivity contribution < 1.29 is 14.7 Å². The average molecular weight is 254 g/mol. The Bertz CT molecular complexity index is 585. The summed E-state index contributed by atoms with van der Waals surface area (Å²) in [5.74, 6) is -2.48. The third kappa shape index (κ3) is 2.88. The first-order valence-electron chi connectivity index (χ1n) is 6.02. The van der Waals surface area contributed by atoms with E-state index in [-0.39, 0.29) is 5.78 Å². The standard InChI is InChI=1S/C16H14O3/c1-11(16(18)19)15(17)14-9-7-13(8-10-14)12-5-3-2-4-6-12/h2-11H,1H3,(H,18,19). The van der Waals surface area contributed by atoms with Crippen molar-refractivity contribution in [3.8, 4) is 11.1 Å². The van der Waals surface area contributed by atoms with Crippen molar-refractivity contribution in [1.82, 2.24) is 0 Å². The fourth-order valence-electron chi connectivity index (χ4n) is 1.82. The minimum Gasteiger partial charge on any atom is -0.481 e. The van der Waals surface area contributed by atoms with E-state index in [0.29, 0.717) is 5.56 Å². The van der Waals surface area contributed by atoms with E-state index in [1.54, 1.807) is 12.1 Å². The Kier molecular flexibility index (Phi) is 3.76. The Morgan fingerprint density at radius 3 is 1.95 bits per heavy atom. The van der Waals surface area contributed by atoms with Gasteiger partial charge in [-0.15, -0.1) is 0 Å². The summed E-state index contributed by atoms with van der Waals surface area (Å²) in [6, 6.07) is 16.8. The molecule has 1 unspecified atom stereocenters. The molecule has 0 saturated carbocycles. The largest absolute Gasteiger partial charge is 0.481 e. The van der Waals surface area contributed by atoms with Crippen LogP contribution in [-0.2, 0) is 4.79 Å². The topological polar surface area (TPSA) is 54.4 Å². The summed E-state index contributed by atoms with van der Waals surface area (Å²) in [5, 5.41) is 8.83. The first-order valence-corrected chi connectivity index (χ1v) is 6.02. The molecule has 0 aliphatic rings. The molecule has 0 fully saturated rings. The lowest BCUT2D eigenvalue weighted by Crippen LogP contribution is -2.20. The van der Waals surface area contributed by atoms with Gasteiger partial charge in [0.2, 0.25) is 0 Å². The third-order valence-electron chi connectivity index (χ3n) is 3.04. The highest BCUT2D eigenvalue weighted by atomic mass is 16.4. The maximum absolute atomic E-state index is 11.9. The van der Waals surface area contributed by atoms with E-state index >= 15 is 0 Å². The molecule has 0 aliphatic carbocycles. The summed E-state index contributed by atoms with van der Waals surface area (Å²) >= 11 is 0. The molecule has 2 aromatic rings. The fourth-order valence-corrected chi connectivity index (χ4v) is 1.82. The van der Waals surface area contributed by atoms with Crippen LogP contribution < -0.4 is 0 Å². The molecule has 0 radical (unpaired) electrons. The molecule has 0 amide bonds. The maximum Gasteiger partial charge on any atom is 0.314 e. The van der Waals surface area contributed by atoms with Gasteiger partial charge in [-0.3, -0.25) is 9.59 Å². The molecule has 2 rings (SSSR count). The molecule has 0 aromatic heterocycles. The van der Waals surface area contributed by atoms with Crippen molar-refractivity contribution in [2.45, 2.75) is 6.92 Å². The van der Waals surface area contributed by atoms with Gasteiger partial charge in [-0.05, 0) is 18.1 Å². The number of carbonyl (C=O) groups is 2. The Morgan fingerprint density at radius 2 is 1.42 bits per heavy atom. The first-order chi connectivity index (χ1) is 9.09. The van der Waals surface area contributed by atoms with Crippen LogP contribution in [0.5, 0.6) is 0 Å². The van der Waals surface area contributed by atoms with Crippen LogP contribution in [0.15, 0.2) is 54.6 Å². The number of hydrogen-bond acceptors (Lipinski definition) is 2. The van der Waals surface area contributed by atoms with Crippen LogP contribution in [0.25, 0.3) is 11.1 Å². The van der Waals surface area contributed by atoms with Gasteiger partial charge in [-0.25, -0.2) is 0 Å². The summed E-state index contributed by atoms with van der Waals surface area (Å²) in [6.45, 7) is 1.40. The molecule has 3 heteroatoms. The van der Waals surface area contributed by atoms with Crippen molar-refractivity contribution in [2.75, 3.05) is 0 Å². The average Bonchev–Trinajstić information content (AvgIpc) is 2.46. The number of hydrogen-bond donors (Lipinski definition) is 1. The quantitative estimate of drug-likeness (QED) is 0.673. The summed E-state index contributed by atoms with van der Waals surface area (Å²) in [4.78, 5) is 22.6. The SMILES string of the molecule is CC(C(=O)O)C(=O)c1ccc(-c2ccccc2)cc1. The molecule has 2 aromatic carbocycles. The zero-order valence-corrected chi connectivity index (χ0v) is 10.5. The molecule has 0 aliphatic heterocycles. The number of benzene rings is 2. The molecule has 1 atom stereocenters. The predicted octanol–water partition coefficient (Wildman–Crippen LogP) is 3.26. The van der Waals surface area contributed by atoms with Crippen molar-refractivity contribution in [2.24, 2.45) is 5.92 Å². The fraction of sp³-hybridized carbons (Fsp3) is 0.125. The van der Waals surface area contributed by atoms with E-state index in [0.717, 1.165) is 11.1 Å². The van der Waals surface area contributed by atoms with Crippen LogP contribution in [0.2, 0.25) is 0 Å². The number of ketones is 1. The molecule has 19 heavy (non-hydrogen) atoms. The number of aliphatic carboxylic acids is 1. The first kappa shape index (κ1) is 13.0. The van der Waals surface area contributed by atoms with Crippen molar-refractivity contribution in [3.05, 3.63) is 60.2 Å². The van der Waals surface area contributed by atoms with Gasteiger partial charge in [0.15, 0.2) is 5.78 Å². The minimum absolute atomic E-state index is 0.368. The lowest BCUT2D eigenvalue weighted by Gasteiger charge is -2.06. The van der Waals surface area contributed by atoms with Gasteiger partial charge in [0.05, 0.1) is 0 Å². The highest BCUT2D eigenvalue weighted by Gasteiger charge is 2.21. The van der Waals surface area contributed by atoms with Crippen LogP contribution in [-0.4, -0.2) is 16.9 Å². The maximum atomic E-state index is 11.9. The van der Waals surface area contributed by atoms with Crippen LogP contribution in [0.3, 0.4) is 0 Å². The van der Waals surface area contributed by atoms with Gasteiger partial charge < -0.3 is 5.11 Å². The van der Waals surface area contributed by atoms with E-state index in [1.165, 1.54) is 6.92 Å². The van der Waals surface area contributed by atoms with Crippen molar-refractivity contribution >= 4 is 11.8 Å². The normalized spacial score (nSPS) is 11.8. The smallest absolute Gasteiger partial charge is 0.314 e. The Hall–Kier alpha value is -2.42. The summed E-state index contributed by atoms with van der Waals surface area (Å²) in [6.07, 6.45) is 0. The molecular formula is C16H14O3. The second-order valence-corrected chi connectivity index (χ2v) is 4.37. The number of carboxylic acid groups (broad SMARTS) is 1. The Morgan fingerprint density at radius 1 is 0.895 bits per heavy atom. The number of Topliss-reactive ketones (excluding diaryl/α,β-unsaturated/α-hetero) is 1. The highest BCUT2D eigenvalue weighted by Crippen LogP contribution is 2.20. The molecular weight excluding hydrogens is 240 g/mol. The molecule has 3 nitrogen and oxygen atoms in total. The van der Waals surface area contributed by atoms with Gasteiger partial charge in [-0.2, -0.15) is 0 Å². The number of carboxylic acids is 1. The van der Waals surface area contributed by atoms with E-state index in [1.807, 2.05) is 42.5 Å². The zero-order chi connectivity index (χ0) is 13.8. The van der Waals surface area contributed by atoms with Gasteiger partial charge in [0.25, 0.3) is 0 Å².